The van der Waals surface area contributed by atoms with Gasteiger partial charge in [-0.15, -0.1) is 11.3 Å². The van der Waals surface area contributed by atoms with Crippen molar-refractivity contribution >= 4 is 23.0 Å². The van der Waals surface area contributed by atoms with E-state index in [2.05, 4.69) is 78.0 Å². The molecule has 0 fully saturated rings. The molecule has 1 heteroatoms. The molecule has 0 unspecified atom stereocenters. The van der Waals surface area contributed by atoms with Gasteiger partial charge in [0.1, 0.15) is 0 Å². The van der Waals surface area contributed by atoms with Crippen LogP contribution in [-0.4, -0.2) is 0 Å². The van der Waals surface area contributed by atoms with Crippen molar-refractivity contribution in [2.45, 2.75) is 65.2 Å². The number of hydrogen-bond donors (Lipinski definition) is 0. The van der Waals surface area contributed by atoms with E-state index in [1.54, 1.807) is 0 Å². The molecule has 0 atom stereocenters. The van der Waals surface area contributed by atoms with E-state index in [1.165, 1.54) is 44.9 Å². The fourth-order valence-electron chi connectivity index (χ4n) is 3.66. The van der Waals surface area contributed by atoms with E-state index in [1.807, 2.05) is 11.3 Å². The molecule has 0 N–H and O–H groups in total. The Morgan fingerprint density at radius 3 is 2.22 bits per heavy atom. The average molecular weight is 325 g/mol. The summed E-state index contributed by atoms with van der Waals surface area (Å²) < 4.78 is 0. The van der Waals surface area contributed by atoms with Crippen LogP contribution in [0.1, 0.15) is 73.9 Å². The summed E-state index contributed by atoms with van der Waals surface area (Å²) in [6.07, 6.45) is 4.88. The Kier molecular flexibility index (Phi) is 4.04. The van der Waals surface area contributed by atoms with E-state index in [9.17, 15) is 0 Å². The van der Waals surface area contributed by atoms with Crippen molar-refractivity contribution in [1.82, 2.24) is 0 Å². The van der Waals surface area contributed by atoms with Crippen LogP contribution in [-0.2, 0) is 10.8 Å². The fourth-order valence-corrected chi connectivity index (χ4v) is 4.50. The van der Waals surface area contributed by atoms with E-state index < -0.39 is 0 Å². The normalized spacial score (nSPS) is 19.5. The highest BCUT2D eigenvalue weighted by Crippen LogP contribution is 2.46. The van der Waals surface area contributed by atoms with Gasteiger partial charge in [-0.25, -0.2) is 0 Å². The molecule has 0 bridgehead atoms. The van der Waals surface area contributed by atoms with E-state index in [0.717, 1.165) is 0 Å². The van der Waals surface area contributed by atoms with Crippen LogP contribution < -0.4 is 0 Å². The number of benzene rings is 1. The van der Waals surface area contributed by atoms with Crippen LogP contribution in [0.3, 0.4) is 0 Å². The first kappa shape index (κ1) is 16.5. The molecule has 0 saturated heterocycles. The standard InChI is InChI=1S/C22H28S/c1-15(20-10-7-16(2)23-20)13-17-8-9-18-19(14-17)22(5,6)12-11-21(18,3)4/h7-10,13-14H,11-12H2,1-6H3/b15-13-. The number of rotatable bonds is 2. The maximum absolute atomic E-state index is 2.43. The molecule has 1 aromatic carbocycles. The van der Waals surface area contributed by atoms with Gasteiger partial charge in [-0.05, 0) is 71.9 Å². The molecular formula is C22H28S. The highest BCUT2D eigenvalue weighted by molar-refractivity contribution is 7.13. The third-order valence-corrected chi connectivity index (χ3v) is 6.53. The van der Waals surface area contributed by atoms with Gasteiger partial charge < -0.3 is 0 Å². The predicted molar refractivity (Wildman–Crippen MR) is 104 cm³/mol. The lowest BCUT2D eigenvalue weighted by molar-refractivity contribution is 0.332. The van der Waals surface area contributed by atoms with Crippen molar-refractivity contribution in [3.05, 3.63) is 56.8 Å². The second-order valence-electron chi connectivity index (χ2n) is 8.31. The van der Waals surface area contributed by atoms with Crippen molar-refractivity contribution in [3.63, 3.8) is 0 Å². The monoisotopic (exact) mass is 324 g/mol. The molecule has 0 radical (unpaired) electrons. The topological polar surface area (TPSA) is 0 Å². The Morgan fingerprint density at radius 1 is 0.957 bits per heavy atom. The minimum Gasteiger partial charge on any atom is -0.141 e. The molecule has 0 nitrogen and oxygen atoms in total. The lowest BCUT2D eigenvalue weighted by Gasteiger charge is -2.42. The van der Waals surface area contributed by atoms with Gasteiger partial charge in [-0.2, -0.15) is 0 Å². The van der Waals surface area contributed by atoms with Gasteiger partial charge in [0.15, 0.2) is 0 Å². The predicted octanol–water partition coefficient (Wildman–Crippen LogP) is 6.97. The van der Waals surface area contributed by atoms with Gasteiger partial charge in [0.25, 0.3) is 0 Å². The minimum absolute atomic E-state index is 0.280. The van der Waals surface area contributed by atoms with Crippen molar-refractivity contribution in [2.24, 2.45) is 0 Å². The lowest BCUT2D eigenvalue weighted by Crippen LogP contribution is -2.33. The Hall–Kier alpha value is -1.34. The lowest BCUT2D eigenvalue weighted by atomic mass is 9.63. The smallest absolute Gasteiger partial charge is 0.0302 e. The quantitative estimate of drug-likeness (QED) is 0.559. The van der Waals surface area contributed by atoms with E-state index >= 15 is 0 Å². The summed E-state index contributed by atoms with van der Waals surface area (Å²) in [6, 6.07) is 11.5. The third kappa shape index (κ3) is 3.17. The highest BCUT2D eigenvalue weighted by Gasteiger charge is 2.36. The van der Waals surface area contributed by atoms with Crippen LogP contribution in [0.15, 0.2) is 30.3 Å². The van der Waals surface area contributed by atoms with Crippen LogP contribution in [0.5, 0.6) is 0 Å². The molecule has 23 heavy (non-hydrogen) atoms. The van der Waals surface area contributed by atoms with Gasteiger partial charge in [0.05, 0.1) is 0 Å². The van der Waals surface area contributed by atoms with Crippen molar-refractivity contribution in [3.8, 4) is 0 Å². The number of hydrogen-bond acceptors (Lipinski definition) is 1. The van der Waals surface area contributed by atoms with Gasteiger partial charge >= 0.3 is 0 Å². The van der Waals surface area contributed by atoms with Crippen molar-refractivity contribution < 1.29 is 0 Å². The molecule has 0 spiro atoms. The summed E-state index contributed by atoms with van der Waals surface area (Å²) in [5, 5.41) is 0. The molecule has 1 aliphatic rings. The molecule has 1 aliphatic carbocycles. The first-order valence-electron chi connectivity index (χ1n) is 8.59. The number of allylic oxidation sites excluding steroid dienone is 1. The SMILES string of the molecule is C/C(=C/c1ccc2c(c1)C(C)(C)CCC2(C)C)c1ccc(C)s1. The van der Waals surface area contributed by atoms with Crippen LogP contribution in [0.25, 0.3) is 11.6 Å². The van der Waals surface area contributed by atoms with Crippen LogP contribution in [0.2, 0.25) is 0 Å². The van der Waals surface area contributed by atoms with Crippen molar-refractivity contribution in [2.75, 3.05) is 0 Å². The molecule has 122 valence electrons. The average Bonchev–Trinajstić information content (AvgIpc) is 2.91. The number of fused-ring (bicyclic) bond motifs is 1. The zero-order chi connectivity index (χ0) is 16.8. The molecule has 3 rings (SSSR count). The van der Waals surface area contributed by atoms with Crippen LogP contribution in [0.4, 0.5) is 0 Å². The second-order valence-corrected chi connectivity index (χ2v) is 9.60. The number of thiophene rings is 1. The second kappa shape index (κ2) is 5.63. The summed E-state index contributed by atoms with van der Waals surface area (Å²) in [5.74, 6) is 0. The summed E-state index contributed by atoms with van der Waals surface area (Å²) in [7, 11) is 0. The zero-order valence-electron chi connectivity index (χ0n) is 15.3. The highest BCUT2D eigenvalue weighted by atomic mass is 32.1. The molecule has 1 aromatic heterocycles. The Morgan fingerprint density at radius 2 is 1.61 bits per heavy atom. The molecule has 0 aliphatic heterocycles. The fraction of sp³-hybridized carbons (Fsp3) is 0.455. The Bertz CT molecular complexity index is 756. The summed E-state index contributed by atoms with van der Waals surface area (Å²) in [4.78, 5) is 2.75. The summed E-state index contributed by atoms with van der Waals surface area (Å²) in [6.45, 7) is 13.9. The first-order valence-corrected chi connectivity index (χ1v) is 9.41. The largest absolute Gasteiger partial charge is 0.141 e. The Balaban J connectivity index is 2.03. The Labute approximate surface area is 145 Å². The van der Waals surface area contributed by atoms with E-state index in [0.29, 0.717) is 5.41 Å². The van der Waals surface area contributed by atoms with Crippen LogP contribution in [0, 0.1) is 6.92 Å². The van der Waals surface area contributed by atoms with Crippen molar-refractivity contribution in [1.29, 1.82) is 0 Å². The maximum atomic E-state index is 2.43. The molecule has 0 amide bonds. The van der Waals surface area contributed by atoms with Gasteiger partial charge in [-0.1, -0.05) is 52.0 Å². The summed E-state index contributed by atoms with van der Waals surface area (Å²) >= 11 is 1.88. The number of aryl methyl sites for hydroxylation is 1. The summed E-state index contributed by atoms with van der Waals surface area (Å²) in [5.41, 5.74) is 6.34. The maximum Gasteiger partial charge on any atom is 0.0302 e. The molecule has 2 aromatic rings. The van der Waals surface area contributed by atoms with E-state index in [4.69, 9.17) is 0 Å². The molecular weight excluding hydrogens is 296 g/mol. The minimum atomic E-state index is 0.280. The van der Waals surface area contributed by atoms with Gasteiger partial charge in [0, 0.05) is 9.75 Å². The van der Waals surface area contributed by atoms with E-state index in [-0.39, 0.29) is 5.41 Å². The molecule has 0 saturated carbocycles. The first-order chi connectivity index (χ1) is 10.7. The van der Waals surface area contributed by atoms with Crippen LogP contribution >= 0.6 is 11.3 Å². The third-order valence-electron chi connectivity index (χ3n) is 5.39. The van der Waals surface area contributed by atoms with Gasteiger partial charge in [-0.3, -0.25) is 0 Å². The van der Waals surface area contributed by atoms with Gasteiger partial charge in [0.2, 0.25) is 0 Å². The zero-order valence-corrected chi connectivity index (χ0v) is 16.1. The molecule has 1 heterocycles.